The summed E-state index contributed by atoms with van der Waals surface area (Å²) in [4.78, 5) is 2.31. The van der Waals surface area contributed by atoms with Crippen molar-refractivity contribution in [1.29, 1.82) is 0 Å². The predicted octanol–water partition coefficient (Wildman–Crippen LogP) is 1.31. The fourth-order valence-electron chi connectivity index (χ4n) is 2.40. The molecule has 4 nitrogen and oxygen atoms in total. The van der Waals surface area contributed by atoms with Crippen LogP contribution in [0.3, 0.4) is 0 Å². The van der Waals surface area contributed by atoms with Gasteiger partial charge in [0.1, 0.15) is 0 Å². The molecule has 18 heavy (non-hydrogen) atoms. The number of hydrogen-bond donors (Lipinski definition) is 1. The lowest BCUT2D eigenvalue weighted by atomic mass is 10.0. The summed E-state index contributed by atoms with van der Waals surface area (Å²) < 4.78 is 25.0. The first-order valence-corrected chi connectivity index (χ1v) is 8.04. The Morgan fingerprint density at radius 2 is 2.06 bits per heavy atom. The van der Waals surface area contributed by atoms with Crippen LogP contribution in [0.1, 0.15) is 18.4 Å². The van der Waals surface area contributed by atoms with Crippen molar-refractivity contribution in [3.63, 3.8) is 0 Å². The van der Waals surface area contributed by atoms with Crippen molar-refractivity contribution in [1.82, 2.24) is 4.72 Å². The van der Waals surface area contributed by atoms with E-state index >= 15 is 0 Å². The van der Waals surface area contributed by atoms with Gasteiger partial charge in [0.25, 0.3) is 0 Å². The molecule has 1 N–H and O–H groups in total. The van der Waals surface area contributed by atoms with Gasteiger partial charge in [-0.2, -0.15) is 0 Å². The predicted molar refractivity (Wildman–Crippen MR) is 73.2 cm³/mol. The molecule has 0 saturated carbocycles. The van der Waals surface area contributed by atoms with Crippen LogP contribution in [0.15, 0.2) is 18.2 Å². The quantitative estimate of drug-likeness (QED) is 0.898. The van der Waals surface area contributed by atoms with Gasteiger partial charge in [-0.3, -0.25) is 0 Å². The van der Waals surface area contributed by atoms with Gasteiger partial charge in [-0.25, -0.2) is 13.1 Å². The smallest absolute Gasteiger partial charge is 0.208 e. The van der Waals surface area contributed by atoms with E-state index in [9.17, 15) is 8.42 Å². The fraction of sp³-hybridized carbons (Fsp3) is 0.538. The summed E-state index contributed by atoms with van der Waals surface area (Å²) in [6.07, 6.45) is 2.92. The van der Waals surface area contributed by atoms with E-state index in [0.29, 0.717) is 0 Å². The van der Waals surface area contributed by atoms with Crippen molar-refractivity contribution in [3.8, 4) is 0 Å². The monoisotopic (exact) mass is 267 g/mol. The standard InChI is InChI=1S/C13H19N2O2S/c1-11-5-3-4-6-13(11)15-9-7-12(8-10-15)14-18(2,16)17/h4-6,12,14H,7-10H2,1-2H3. The van der Waals surface area contributed by atoms with Gasteiger partial charge >= 0.3 is 0 Å². The van der Waals surface area contributed by atoms with Crippen LogP contribution in [-0.4, -0.2) is 33.8 Å². The molecule has 0 amide bonds. The van der Waals surface area contributed by atoms with E-state index in [1.807, 2.05) is 12.1 Å². The van der Waals surface area contributed by atoms with Crippen LogP contribution in [0.2, 0.25) is 0 Å². The maximum Gasteiger partial charge on any atom is 0.208 e. The number of benzene rings is 1. The second-order valence-corrected chi connectivity index (χ2v) is 6.64. The maximum absolute atomic E-state index is 11.2. The number of piperidine rings is 1. The average molecular weight is 267 g/mol. The number of hydrogen-bond acceptors (Lipinski definition) is 3. The molecule has 0 unspecified atom stereocenters. The Morgan fingerprint density at radius 1 is 1.39 bits per heavy atom. The highest BCUT2D eigenvalue weighted by Gasteiger charge is 2.22. The average Bonchev–Trinajstić information content (AvgIpc) is 2.29. The fourth-order valence-corrected chi connectivity index (χ4v) is 3.24. The molecule has 99 valence electrons. The first-order chi connectivity index (χ1) is 8.46. The summed E-state index contributed by atoms with van der Waals surface area (Å²) in [6.45, 7) is 3.85. The highest BCUT2D eigenvalue weighted by Crippen LogP contribution is 2.23. The van der Waals surface area contributed by atoms with E-state index in [0.717, 1.165) is 25.9 Å². The number of nitrogens with one attached hydrogen (secondary N) is 1. The van der Waals surface area contributed by atoms with Crippen LogP contribution in [0.5, 0.6) is 0 Å². The largest absolute Gasteiger partial charge is 0.371 e. The van der Waals surface area contributed by atoms with Crippen molar-refractivity contribution < 1.29 is 8.42 Å². The third-order valence-electron chi connectivity index (χ3n) is 3.26. The summed E-state index contributed by atoms with van der Waals surface area (Å²) >= 11 is 0. The van der Waals surface area contributed by atoms with Gasteiger partial charge in [0.2, 0.25) is 10.0 Å². The second kappa shape index (κ2) is 5.28. The van der Waals surface area contributed by atoms with Crippen LogP contribution in [0, 0.1) is 13.0 Å². The molecular formula is C13H19N2O2S. The molecule has 0 bridgehead atoms. The first kappa shape index (κ1) is 13.4. The number of sulfonamides is 1. The van der Waals surface area contributed by atoms with Crippen LogP contribution in [0.4, 0.5) is 5.69 Å². The number of aryl methyl sites for hydroxylation is 1. The molecule has 1 aliphatic heterocycles. The van der Waals surface area contributed by atoms with Gasteiger partial charge in [0.15, 0.2) is 0 Å². The maximum atomic E-state index is 11.2. The molecule has 2 rings (SSSR count). The third kappa shape index (κ3) is 3.46. The zero-order chi connectivity index (χ0) is 13.2. The topological polar surface area (TPSA) is 49.4 Å². The van der Waals surface area contributed by atoms with Crippen molar-refractivity contribution in [2.75, 3.05) is 24.2 Å². The molecular weight excluding hydrogens is 248 g/mol. The summed E-state index contributed by atoms with van der Waals surface area (Å²) in [6, 6.07) is 9.11. The summed E-state index contributed by atoms with van der Waals surface area (Å²) in [7, 11) is -3.09. The molecule has 0 spiro atoms. The summed E-state index contributed by atoms with van der Waals surface area (Å²) in [5.41, 5.74) is 2.44. The highest BCUT2D eigenvalue weighted by atomic mass is 32.2. The normalized spacial score (nSPS) is 18.0. The Bertz CT molecular complexity index is 505. The molecule has 1 aromatic carbocycles. The molecule has 1 aromatic rings. The minimum absolute atomic E-state index is 0.0758. The number of anilines is 1. The van der Waals surface area contributed by atoms with Gasteiger partial charge in [-0.15, -0.1) is 0 Å². The van der Waals surface area contributed by atoms with E-state index in [1.54, 1.807) is 0 Å². The van der Waals surface area contributed by atoms with E-state index in [2.05, 4.69) is 28.7 Å². The number of rotatable bonds is 3. The van der Waals surface area contributed by atoms with Gasteiger partial charge in [-0.1, -0.05) is 6.07 Å². The Kier molecular flexibility index (Phi) is 3.92. The molecule has 0 aliphatic carbocycles. The Hall–Kier alpha value is -1.07. The zero-order valence-corrected chi connectivity index (χ0v) is 11.6. The molecule has 0 atom stereocenters. The molecule has 5 heteroatoms. The van der Waals surface area contributed by atoms with Crippen LogP contribution in [0.25, 0.3) is 0 Å². The lowest BCUT2D eigenvalue weighted by Crippen LogP contribution is -2.44. The lowest BCUT2D eigenvalue weighted by Gasteiger charge is -2.34. The minimum atomic E-state index is -3.09. The van der Waals surface area contributed by atoms with Gasteiger partial charge in [-0.05, 0) is 43.5 Å². The SMILES string of the molecule is Cc1c[c]ccc1N1CCC(NS(C)(=O)=O)CC1. The Morgan fingerprint density at radius 3 is 2.61 bits per heavy atom. The van der Waals surface area contributed by atoms with E-state index in [4.69, 9.17) is 0 Å². The van der Waals surface area contributed by atoms with E-state index in [1.165, 1.54) is 17.5 Å². The zero-order valence-electron chi connectivity index (χ0n) is 10.8. The lowest BCUT2D eigenvalue weighted by molar-refractivity contribution is 0.461. The molecule has 1 heterocycles. The first-order valence-electron chi connectivity index (χ1n) is 6.14. The second-order valence-electron chi connectivity index (χ2n) is 4.86. The highest BCUT2D eigenvalue weighted by molar-refractivity contribution is 7.88. The van der Waals surface area contributed by atoms with E-state index in [-0.39, 0.29) is 6.04 Å². The van der Waals surface area contributed by atoms with Crippen LogP contribution in [-0.2, 0) is 10.0 Å². The van der Waals surface area contributed by atoms with Crippen LogP contribution >= 0.6 is 0 Å². The molecule has 1 aliphatic rings. The van der Waals surface area contributed by atoms with Gasteiger partial charge in [0.05, 0.1) is 6.26 Å². The van der Waals surface area contributed by atoms with Crippen molar-refractivity contribution >= 4 is 15.7 Å². The Labute approximate surface area is 109 Å². The number of nitrogens with zero attached hydrogens (tertiary/aromatic N) is 1. The van der Waals surface area contributed by atoms with Crippen molar-refractivity contribution in [3.05, 3.63) is 29.8 Å². The van der Waals surface area contributed by atoms with Gasteiger partial charge < -0.3 is 4.90 Å². The van der Waals surface area contributed by atoms with Gasteiger partial charge in [0, 0.05) is 24.8 Å². The molecule has 1 radical (unpaired) electrons. The third-order valence-corrected chi connectivity index (χ3v) is 4.02. The minimum Gasteiger partial charge on any atom is -0.371 e. The van der Waals surface area contributed by atoms with Crippen molar-refractivity contribution in [2.45, 2.75) is 25.8 Å². The molecule has 1 saturated heterocycles. The summed E-state index contributed by atoms with van der Waals surface area (Å²) in [5.74, 6) is 0. The van der Waals surface area contributed by atoms with E-state index < -0.39 is 10.0 Å². The molecule has 0 aromatic heterocycles. The van der Waals surface area contributed by atoms with Crippen LogP contribution < -0.4 is 9.62 Å². The Balaban J connectivity index is 1.97. The molecule has 1 fully saturated rings. The summed E-state index contributed by atoms with van der Waals surface area (Å²) in [5, 5.41) is 0. The van der Waals surface area contributed by atoms with Crippen molar-refractivity contribution in [2.24, 2.45) is 0 Å².